The zero-order valence-corrected chi connectivity index (χ0v) is 13.9. The molecule has 0 fully saturated rings. The molecule has 0 saturated heterocycles. The van der Waals surface area contributed by atoms with Gasteiger partial charge in [0.2, 0.25) is 11.8 Å². The smallest absolute Gasteiger partial charge is 0.223 e. The first-order valence-corrected chi connectivity index (χ1v) is 7.53. The van der Waals surface area contributed by atoms with Crippen LogP contribution in [0.25, 0.3) is 0 Å². The van der Waals surface area contributed by atoms with Crippen molar-refractivity contribution in [3.63, 3.8) is 0 Å². The minimum Gasteiger partial charge on any atom is -0.493 e. The number of amides is 2. The van der Waals surface area contributed by atoms with E-state index in [1.807, 2.05) is 51.1 Å². The maximum atomic E-state index is 11.7. The van der Waals surface area contributed by atoms with Gasteiger partial charge in [0.1, 0.15) is 5.75 Å². The van der Waals surface area contributed by atoms with Crippen LogP contribution in [0.5, 0.6) is 5.75 Å². The number of carbonyl (C=O) groups excluding carboxylic acids is 2. The number of rotatable bonds is 7. The number of nitrogens with zero attached hydrogens (tertiary/aromatic N) is 1. The molecule has 2 amide bonds. The van der Waals surface area contributed by atoms with E-state index < -0.39 is 0 Å². The average molecular weight is 306 g/mol. The van der Waals surface area contributed by atoms with Gasteiger partial charge in [-0.3, -0.25) is 9.59 Å². The zero-order valence-electron chi connectivity index (χ0n) is 13.9. The Balaban J connectivity index is 2.24. The van der Waals surface area contributed by atoms with Crippen LogP contribution >= 0.6 is 0 Å². The lowest BCUT2D eigenvalue weighted by atomic mass is 10.1. The summed E-state index contributed by atoms with van der Waals surface area (Å²) in [6, 6.07) is 9.39. The van der Waals surface area contributed by atoms with Gasteiger partial charge in [-0.15, -0.1) is 0 Å². The lowest BCUT2D eigenvalue weighted by molar-refractivity contribution is -0.134. The van der Waals surface area contributed by atoms with Crippen molar-refractivity contribution in [3.8, 4) is 5.75 Å². The lowest BCUT2D eigenvalue weighted by Gasteiger charge is -2.35. The highest BCUT2D eigenvalue weighted by Crippen LogP contribution is 2.12. The van der Waals surface area contributed by atoms with E-state index in [2.05, 4.69) is 5.32 Å². The number of hydrogen-bond acceptors (Lipinski definition) is 3. The van der Waals surface area contributed by atoms with E-state index in [4.69, 9.17) is 4.74 Å². The molecule has 0 saturated carbocycles. The van der Waals surface area contributed by atoms with Crippen LogP contribution in [-0.2, 0) is 9.59 Å². The molecule has 0 heterocycles. The molecule has 1 rings (SSSR count). The molecule has 5 nitrogen and oxygen atoms in total. The summed E-state index contributed by atoms with van der Waals surface area (Å²) in [5, 5.41) is 2.81. The molecule has 0 unspecified atom stereocenters. The van der Waals surface area contributed by atoms with Crippen LogP contribution in [0.3, 0.4) is 0 Å². The van der Waals surface area contributed by atoms with E-state index in [1.165, 1.54) is 0 Å². The topological polar surface area (TPSA) is 58.6 Å². The second-order valence-electron chi connectivity index (χ2n) is 6.10. The lowest BCUT2D eigenvalue weighted by Crippen LogP contribution is -2.48. The number of hydrogen-bond donors (Lipinski definition) is 1. The van der Waals surface area contributed by atoms with Gasteiger partial charge in [0.15, 0.2) is 0 Å². The van der Waals surface area contributed by atoms with Crippen molar-refractivity contribution >= 4 is 11.8 Å². The molecular formula is C17H26N2O3. The van der Waals surface area contributed by atoms with Gasteiger partial charge in [-0.05, 0) is 32.9 Å². The highest BCUT2D eigenvalue weighted by Gasteiger charge is 2.23. The van der Waals surface area contributed by atoms with Gasteiger partial charge in [-0.1, -0.05) is 18.2 Å². The van der Waals surface area contributed by atoms with Gasteiger partial charge in [0.05, 0.1) is 13.0 Å². The number of benzene rings is 1. The maximum absolute atomic E-state index is 11.7. The van der Waals surface area contributed by atoms with Crippen LogP contribution < -0.4 is 10.1 Å². The van der Waals surface area contributed by atoms with Gasteiger partial charge in [-0.25, -0.2) is 0 Å². The Morgan fingerprint density at radius 2 is 1.82 bits per heavy atom. The Morgan fingerprint density at radius 1 is 1.18 bits per heavy atom. The summed E-state index contributed by atoms with van der Waals surface area (Å²) >= 11 is 0. The van der Waals surface area contributed by atoms with Crippen molar-refractivity contribution in [3.05, 3.63) is 30.3 Å². The molecule has 0 aliphatic rings. The molecule has 1 aromatic carbocycles. The Hall–Kier alpha value is -2.04. The average Bonchev–Trinajstić information content (AvgIpc) is 2.43. The SMILES string of the molecule is CC(=O)N(CCNC(=O)CCOc1ccccc1)C(C)(C)C. The summed E-state index contributed by atoms with van der Waals surface area (Å²) in [6.07, 6.45) is 0.296. The van der Waals surface area contributed by atoms with Crippen LogP contribution in [-0.4, -0.2) is 41.9 Å². The molecule has 0 atom stereocenters. The van der Waals surface area contributed by atoms with Crippen molar-refractivity contribution in [2.24, 2.45) is 0 Å². The molecule has 1 N–H and O–H groups in total. The monoisotopic (exact) mass is 306 g/mol. The third-order valence-electron chi connectivity index (χ3n) is 3.19. The zero-order chi connectivity index (χ0) is 16.6. The first-order valence-electron chi connectivity index (χ1n) is 7.53. The predicted molar refractivity (Wildman–Crippen MR) is 86.7 cm³/mol. The molecule has 0 aliphatic carbocycles. The molecule has 5 heteroatoms. The molecular weight excluding hydrogens is 280 g/mol. The summed E-state index contributed by atoms with van der Waals surface area (Å²) in [5.74, 6) is 0.688. The van der Waals surface area contributed by atoms with Crippen LogP contribution in [0, 0.1) is 0 Å². The highest BCUT2D eigenvalue weighted by atomic mass is 16.5. The summed E-state index contributed by atoms with van der Waals surface area (Å²) in [6.45, 7) is 8.76. The van der Waals surface area contributed by atoms with E-state index in [0.29, 0.717) is 26.1 Å². The molecule has 0 aliphatic heterocycles. The molecule has 0 spiro atoms. The Morgan fingerprint density at radius 3 is 2.36 bits per heavy atom. The minimum atomic E-state index is -0.243. The van der Waals surface area contributed by atoms with Crippen LogP contribution in [0.4, 0.5) is 0 Å². The Kier molecular flexibility index (Phi) is 6.89. The van der Waals surface area contributed by atoms with E-state index in [9.17, 15) is 9.59 Å². The molecule has 0 radical (unpaired) electrons. The summed E-state index contributed by atoms with van der Waals surface area (Å²) < 4.78 is 5.47. The second-order valence-corrected chi connectivity index (χ2v) is 6.10. The van der Waals surface area contributed by atoms with Crippen molar-refractivity contribution in [2.75, 3.05) is 19.7 Å². The van der Waals surface area contributed by atoms with Gasteiger partial charge >= 0.3 is 0 Å². The minimum absolute atomic E-state index is 0.00848. The van der Waals surface area contributed by atoms with Crippen LogP contribution in [0.2, 0.25) is 0 Å². The van der Waals surface area contributed by atoms with Crippen molar-refractivity contribution in [1.29, 1.82) is 0 Å². The molecule has 0 aromatic heterocycles. The standard InChI is InChI=1S/C17H26N2O3/c1-14(20)19(17(2,3)4)12-11-18-16(21)10-13-22-15-8-6-5-7-9-15/h5-9H,10-13H2,1-4H3,(H,18,21). The first-order chi connectivity index (χ1) is 10.3. The van der Waals surface area contributed by atoms with Crippen LogP contribution in [0.15, 0.2) is 30.3 Å². The van der Waals surface area contributed by atoms with E-state index in [1.54, 1.807) is 11.8 Å². The fourth-order valence-corrected chi connectivity index (χ4v) is 2.14. The second kappa shape index (κ2) is 8.41. The Labute approximate surface area is 132 Å². The molecule has 1 aromatic rings. The third-order valence-corrected chi connectivity index (χ3v) is 3.19. The predicted octanol–water partition coefficient (Wildman–Crippen LogP) is 2.22. The van der Waals surface area contributed by atoms with Gasteiger partial charge in [0, 0.05) is 25.6 Å². The number of carbonyl (C=O) groups is 2. The molecule has 22 heavy (non-hydrogen) atoms. The highest BCUT2D eigenvalue weighted by molar-refractivity contribution is 5.76. The molecule has 122 valence electrons. The van der Waals surface area contributed by atoms with Crippen molar-refractivity contribution in [1.82, 2.24) is 10.2 Å². The van der Waals surface area contributed by atoms with Crippen LogP contribution in [0.1, 0.15) is 34.1 Å². The summed E-state index contributed by atoms with van der Waals surface area (Å²) in [5.41, 5.74) is -0.243. The molecule has 0 bridgehead atoms. The maximum Gasteiger partial charge on any atom is 0.223 e. The van der Waals surface area contributed by atoms with E-state index in [0.717, 1.165) is 5.75 Å². The van der Waals surface area contributed by atoms with Crippen molar-refractivity contribution < 1.29 is 14.3 Å². The van der Waals surface area contributed by atoms with Gasteiger partial charge in [-0.2, -0.15) is 0 Å². The fraction of sp³-hybridized carbons (Fsp3) is 0.529. The largest absolute Gasteiger partial charge is 0.493 e. The first kappa shape index (κ1) is 18.0. The quantitative estimate of drug-likeness (QED) is 0.840. The van der Waals surface area contributed by atoms with Crippen molar-refractivity contribution in [2.45, 2.75) is 39.7 Å². The number of para-hydroxylation sites is 1. The summed E-state index contributed by atoms with van der Waals surface area (Å²) in [4.78, 5) is 25.1. The van der Waals surface area contributed by atoms with E-state index >= 15 is 0 Å². The number of ether oxygens (including phenoxy) is 1. The Bertz CT molecular complexity index is 480. The summed E-state index contributed by atoms with van der Waals surface area (Å²) in [7, 11) is 0. The van der Waals surface area contributed by atoms with E-state index in [-0.39, 0.29) is 17.4 Å². The number of nitrogens with one attached hydrogen (secondary N) is 1. The van der Waals surface area contributed by atoms with Gasteiger partial charge in [0.25, 0.3) is 0 Å². The fourth-order valence-electron chi connectivity index (χ4n) is 2.14. The normalized spacial score (nSPS) is 10.9. The third kappa shape index (κ3) is 6.61. The van der Waals surface area contributed by atoms with Gasteiger partial charge < -0.3 is 15.0 Å².